The second-order valence-corrected chi connectivity index (χ2v) is 11.5. The predicted molar refractivity (Wildman–Crippen MR) is 164 cm³/mol. The Labute approximate surface area is 244 Å². The van der Waals surface area contributed by atoms with Gasteiger partial charge in [-0.15, -0.1) is 0 Å². The standard InChI is InChI=1S/C37H42O4/c1-40-36(39)17-11-3-2-10-16-34-33(25-24-32(38)23-18-28-12-6-4-7-13-28)35-26-37(34,27-41-35)31-21-19-30(20-22-31)29-14-8-5-9-15-29/h2,4-10,12-15,19-22,24-25,32-35,38H,3,11,16-18,23,26-27H2,1H3/b10-2-,25-24+/t32-,33+,34+,35+,37+/m1/s1. The minimum Gasteiger partial charge on any atom is -0.469 e. The van der Waals surface area contributed by atoms with Crippen LogP contribution in [0.2, 0.25) is 0 Å². The summed E-state index contributed by atoms with van der Waals surface area (Å²) in [5, 5.41) is 10.8. The molecule has 3 aromatic rings. The van der Waals surface area contributed by atoms with E-state index >= 15 is 0 Å². The maximum absolute atomic E-state index is 11.5. The molecule has 5 rings (SSSR count). The third-order valence-corrected chi connectivity index (χ3v) is 8.95. The number of carbonyl (C=O) groups is 1. The number of allylic oxidation sites excluding steroid dienone is 2. The molecule has 0 aromatic heterocycles. The van der Waals surface area contributed by atoms with Gasteiger partial charge in [0.05, 0.1) is 25.9 Å². The average molecular weight is 551 g/mol. The van der Waals surface area contributed by atoms with Gasteiger partial charge in [-0.1, -0.05) is 109 Å². The number of unbranched alkanes of at least 4 members (excludes halogenated alkanes) is 1. The van der Waals surface area contributed by atoms with Crippen LogP contribution in [0.25, 0.3) is 11.1 Å². The van der Waals surface area contributed by atoms with Gasteiger partial charge in [-0.25, -0.2) is 0 Å². The number of aryl methyl sites for hydroxylation is 1. The first kappa shape index (κ1) is 29.0. The van der Waals surface area contributed by atoms with Crippen LogP contribution in [0.15, 0.2) is 109 Å². The fraction of sp³-hybridized carbons (Fsp3) is 0.378. The molecule has 41 heavy (non-hydrogen) atoms. The molecule has 1 heterocycles. The number of fused-ring (bicyclic) bond motifs is 2. The molecule has 1 aliphatic heterocycles. The largest absolute Gasteiger partial charge is 0.469 e. The van der Waals surface area contributed by atoms with Crippen LogP contribution in [0, 0.1) is 11.8 Å². The molecule has 0 amide bonds. The summed E-state index contributed by atoms with van der Waals surface area (Å²) in [6.45, 7) is 0.726. The second kappa shape index (κ2) is 13.9. The van der Waals surface area contributed by atoms with Crippen molar-refractivity contribution in [2.24, 2.45) is 11.8 Å². The van der Waals surface area contributed by atoms with Crippen molar-refractivity contribution in [3.63, 3.8) is 0 Å². The topological polar surface area (TPSA) is 55.8 Å². The highest BCUT2D eigenvalue weighted by Gasteiger charge is 2.58. The van der Waals surface area contributed by atoms with Crippen LogP contribution < -0.4 is 0 Å². The van der Waals surface area contributed by atoms with Gasteiger partial charge in [-0.05, 0) is 66.7 Å². The predicted octanol–water partition coefficient (Wildman–Crippen LogP) is 7.47. The maximum atomic E-state index is 11.5. The quantitative estimate of drug-likeness (QED) is 0.136. The van der Waals surface area contributed by atoms with Gasteiger partial charge >= 0.3 is 5.97 Å². The van der Waals surface area contributed by atoms with Crippen LogP contribution >= 0.6 is 0 Å². The number of rotatable bonds is 13. The third kappa shape index (κ3) is 7.06. The Balaban J connectivity index is 1.31. The van der Waals surface area contributed by atoms with Crippen molar-refractivity contribution in [1.82, 2.24) is 0 Å². The zero-order valence-corrected chi connectivity index (χ0v) is 24.0. The van der Waals surface area contributed by atoms with Crippen LogP contribution in [-0.2, 0) is 26.1 Å². The Kier molecular flexibility index (Phi) is 9.87. The fourth-order valence-electron chi connectivity index (χ4n) is 6.69. The molecule has 2 fully saturated rings. The Morgan fingerprint density at radius 3 is 2.44 bits per heavy atom. The summed E-state index contributed by atoms with van der Waals surface area (Å²) in [6, 6.07) is 29.9. The minimum atomic E-state index is -0.482. The smallest absolute Gasteiger partial charge is 0.305 e. The van der Waals surface area contributed by atoms with E-state index in [1.165, 1.54) is 29.4 Å². The molecule has 214 valence electrons. The molecule has 0 radical (unpaired) electrons. The molecule has 0 unspecified atom stereocenters. The van der Waals surface area contributed by atoms with E-state index in [1.807, 2.05) is 30.3 Å². The van der Waals surface area contributed by atoms with E-state index in [9.17, 15) is 9.90 Å². The monoisotopic (exact) mass is 550 g/mol. The second-order valence-electron chi connectivity index (χ2n) is 11.5. The molecule has 2 aliphatic rings. The Hall–Kier alpha value is -3.47. The highest BCUT2D eigenvalue weighted by molar-refractivity contribution is 5.69. The number of esters is 1. The van der Waals surface area contributed by atoms with Gasteiger partial charge in [0.25, 0.3) is 0 Å². The summed E-state index contributed by atoms with van der Waals surface area (Å²) >= 11 is 0. The Morgan fingerprint density at radius 1 is 1.00 bits per heavy atom. The fourth-order valence-corrected chi connectivity index (χ4v) is 6.69. The number of hydrogen-bond donors (Lipinski definition) is 1. The number of hydrogen-bond acceptors (Lipinski definition) is 4. The van der Waals surface area contributed by atoms with Crippen LogP contribution in [0.3, 0.4) is 0 Å². The molecule has 4 nitrogen and oxygen atoms in total. The van der Waals surface area contributed by atoms with E-state index in [-0.39, 0.29) is 23.4 Å². The van der Waals surface area contributed by atoms with Crippen molar-refractivity contribution in [3.8, 4) is 11.1 Å². The molecule has 1 saturated heterocycles. The number of benzene rings is 3. The number of ether oxygens (including phenoxy) is 2. The van der Waals surface area contributed by atoms with Crippen molar-refractivity contribution >= 4 is 5.97 Å². The SMILES string of the molecule is COC(=O)CCC/C=C\C[C@H]1[C@H](/C=C/[C@H](O)CCc2ccccc2)[C@@H]2C[C@@]1(c1ccc(-c3ccccc3)cc1)CO2. The van der Waals surface area contributed by atoms with Crippen molar-refractivity contribution in [3.05, 3.63) is 120 Å². The summed E-state index contributed by atoms with van der Waals surface area (Å²) < 4.78 is 11.2. The molecule has 2 bridgehead atoms. The number of carbonyl (C=O) groups excluding carboxylic acids is 1. The molecular weight excluding hydrogens is 508 g/mol. The van der Waals surface area contributed by atoms with Gasteiger partial charge in [0.1, 0.15) is 0 Å². The lowest BCUT2D eigenvalue weighted by Gasteiger charge is -2.38. The summed E-state index contributed by atoms with van der Waals surface area (Å²) in [7, 11) is 1.44. The highest BCUT2D eigenvalue weighted by Crippen LogP contribution is 2.57. The van der Waals surface area contributed by atoms with Crippen LogP contribution in [-0.4, -0.2) is 37.0 Å². The molecular formula is C37H42O4. The Bertz CT molecular complexity index is 1300. The molecule has 5 atom stereocenters. The lowest BCUT2D eigenvalue weighted by Crippen LogP contribution is -2.39. The molecule has 4 heteroatoms. The molecule has 0 spiro atoms. The van der Waals surface area contributed by atoms with Crippen molar-refractivity contribution in [1.29, 1.82) is 0 Å². The summed E-state index contributed by atoms with van der Waals surface area (Å²) in [4.78, 5) is 11.5. The van der Waals surface area contributed by atoms with E-state index in [0.29, 0.717) is 18.8 Å². The zero-order valence-electron chi connectivity index (χ0n) is 24.0. The average Bonchev–Trinajstić information content (AvgIpc) is 3.60. The van der Waals surface area contributed by atoms with Gasteiger partial charge < -0.3 is 14.6 Å². The van der Waals surface area contributed by atoms with Gasteiger partial charge in [0, 0.05) is 17.8 Å². The molecule has 1 aliphatic carbocycles. The van der Waals surface area contributed by atoms with Crippen LogP contribution in [0.1, 0.15) is 49.7 Å². The number of aliphatic hydroxyl groups excluding tert-OH is 1. The number of aliphatic hydroxyl groups is 1. The summed E-state index contributed by atoms with van der Waals surface area (Å²) in [5.74, 6) is 0.458. The first-order chi connectivity index (χ1) is 20.1. The summed E-state index contributed by atoms with van der Waals surface area (Å²) in [6.07, 6.45) is 14.0. The lowest BCUT2D eigenvalue weighted by atomic mass is 9.69. The van der Waals surface area contributed by atoms with E-state index < -0.39 is 6.10 Å². The van der Waals surface area contributed by atoms with Crippen molar-refractivity contribution in [2.45, 2.75) is 62.6 Å². The minimum absolute atomic E-state index is 0.0553. The van der Waals surface area contributed by atoms with Crippen molar-refractivity contribution < 1.29 is 19.4 Å². The van der Waals surface area contributed by atoms with Crippen LogP contribution in [0.4, 0.5) is 0 Å². The molecule has 3 aromatic carbocycles. The van der Waals surface area contributed by atoms with Crippen LogP contribution in [0.5, 0.6) is 0 Å². The van der Waals surface area contributed by atoms with E-state index in [1.54, 1.807) is 0 Å². The molecule has 1 saturated carbocycles. The van der Waals surface area contributed by atoms with Gasteiger partial charge in [0.15, 0.2) is 0 Å². The Morgan fingerprint density at radius 2 is 1.71 bits per heavy atom. The van der Waals surface area contributed by atoms with Gasteiger partial charge in [-0.2, -0.15) is 0 Å². The highest BCUT2D eigenvalue weighted by atomic mass is 16.5. The zero-order chi connectivity index (χ0) is 28.5. The third-order valence-electron chi connectivity index (χ3n) is 8.95. The van der Waals surface area contributed by atoms with Gasteiger partial charge in [-0.3, -0.25) is 4.79 Å². The summed E-state index contributed by atoms with van der Waals surface area (Å²) in [5.41, 5.74) is 4.97. The van der Waals surface area contributed by atoms with E-state index in [2.05, 4.69) is 78.9 Å². The van der Waals surface area contributed by atoms with E-state index in [4.69, 9.17) is 9.47 Å². The molecule has 1 N–H and O–H groups in total. The first-order valence-corrected chi connectivity index (χ1v) is 15.0. The van der Waals surface area contributed by atoms with Gasteiger partial charge in [0.2, 0.25) is 0 Å². The van der Waals surface area contributed by atoms with Crippen molar-refractivity contribution in [2.75, 3.05) is 13.7 Å². The lowest BCUT2D eigenvalue weighted by molar-refractivity contribution is -0.140. The van der Waals surface area contributed by atoms with E-state index in [0.717, 1.165) is 38.7 Å². The normalized spacial score (nSPS) is 24.3. The first-order valence-electron chi connectivity index (χ1n) is 15.0. The number of methoxy groups -OCH3 is 1. The maximum Gasteiger partial charge on any atom is 0.305 e.